The van der Waals surface area contributed by atoms with Crippen LogP contribution < -0.4 is 15.8 Å². The summed E-state index contributed by atoms with van der Waals surface area (Å²) in [4.78, 5) is 20.8. The first-order chi connectivity index (χ1) is 17.5. The van der Waals surface area contributed by atoms with E-state index in [4.69, 9.17) is 16.9 Å². The number of fused-ring (bicyclic) bond motifs is 2. The van der Waals surface area contributed by atoms with Gasteiger partial charge in [-0.05, 0) is 19.4 Å². The first kappa shape index (κ1) is 25.0. The molecule has 0 aromatic carbocycles. The summed E-state index contributed by atoms with van der Waals surface area (Å²) in [5.41, 5.74) is 5.41. The zero-order valence-corrected chi connectivity index (χ0v) is 19.9. The van der Waals surface area contributed by atoms with Crippen molar-refractivity contribution in [2.75, 3.05) is 11.9 Å². The minimum Gasteiger partial charge on any atom is -0.479 e. The third-order valence-corrected chi connectivity index (χ3v) is 7.82. The van der Waals surface area contributed by atoms with Gasteiger partial charge in [0.15, 0.2) is 17.1 Å². The zero-order valence-electron chi connectivity index (χ0n) is 19.1. The molecule has 0 radical (unpaired) electrons. The standard InChI is InChI=1S/C23H19F4N7O2S/c1-3-4-36-12-6-14-16(29-9-12)18(32-10-31-14)33-11-5-13(17(24)30-8-11)21(2)15-7-22(15,37-20(28)34-21)19(35)23(25,26)27/h1,5-6,8-10,15,19,35H,4,7H2,2H3,(H2,28,34)(H,31,32,33)/t15-,19+,21-,22+/m1/s1. The van der Waals surface area contributed by atoms with Crippen molar-refractivity contribution in [1.82, 2.24) is 19.9 Å². The minimum atomic E-state index is -4.87. The molecule has 0 bridgehead atoms. The Morgan fingerprint density at radius 1 is 1.30 bits per heavy atom. The van der Waals surface area contributed by atoms with Gasteiger partial charge in [-0.3, -0.25) is 4.99 Å². The van der Waals surface area contributed by atoms with Gasteiger partial charge < -0.3 is 20.9 Å². The summed E-state index contributed by atoms with van der Waals surface area (Å²) >= 11 is 0.668. The number of thioether (sulfide) groups is 1. The van der Waals surface area contributed by atoms with E-state index in [2.05, 4.69) is 36.2 Å². The number of hydrogen-bond acceptors (Lipinski definition) is 10. The van der Waals surface area contributed by atoms with Crippen LogP contribution in [0.2, 0.25) is 0 Å². The number of amidine groups is 1. The van der Waals surface area contributed by atoms with E-state index >= 15 is 4.39 Å². The van der Waals surface area contributed by atoms with Gasteiger partial charge in [0.05, 0.1) is 33.9 Å². The average Bonchev–Trinajstić information content (AvgIpc) is 3.59. The molecule has 14 heteroatoms. The van der Waals surface area contributed by atoms with Crippen LogP contribution in [0, 0.1) is 24.2 Å². The highest BCUT2D eigenvalue weighted by Crippen LogP contribution is 2.68. The number of rotatable bonds is 6. The normalized spacial score (nSPS) is 25.5. The number of terminal acetylenes is 1. The Hall–Kier alpha value is -3.70. The number of ether oxygens (including phenoxy) is 1. The molecule has 1 aliphatic carbocycles. The van der Waals surface area contributed by atoms with Crippen LogP contribution in [-0.4, -0.2) is 53.8 Å². The van der Waals surface area contributed by atoms with E-state index in [-0.39, 0.29) is 35.3 Å². The molecule has 3 aromatic rings. The molecule has 4 atom stereocenters. The Bertz CT molecular complexity index is 1460. The Morgan fingerprint density at radius 3 is 2.81 bits per heavy atom. The lowest BCUT2D eigenvalue weighted by atomic mass is 9.86. The lowest BCUT2D eigenvalue weighted by Gasteiger charge is -2.36. The lowest BCUT2D eigenvalue weighted by molar-refractivity contribution is -0.207. The number of aromatic nitrogens is 4. The molecule has 5 rings (SSSR count). The van der Waals surface area contributed by atoms with Crippen LogP contribution >= 0.6 is 11.8 Å². The van der Waals surface area contributed by atoms with Crippen molar-refractivity contribution in [3.63, 3.8) is 0 Å². The van der Waals surface area contributed by atoms with Gasteiger partial charge in [-0.25, -0.2) is 19.9 Å². The maximum absolute atomic E-state index is 15.0. The first-order valence-corrected chi connectivity index (χ1v) is 11.7. The highest BCUT2D eigenvalue weighted by molar-refractivity contribution is 8.15. The monoisotopic (exact) mass is 533 g/mol. The van der Waals surface area contributed by atoms with E-state index in [1.165, 1.54) is 31.7 Å². The number of aliphatic hydroxyl groups excluding tert-OH is 1. The molecular weight excluding hydrogens is 514 g/mol. The first-order valence-electron chi connectivity index (χ1n) is 10.9. The number of halogens is 4. The van der Waals surface area contributed by atoms with Crippen LogP contribution in [0.25, 0.3) is 11.0 Å². The smallest absolute Gasteiger partial charge is 0.415 e. The Morgan fingerprint density at radius 2 is 2.08 bits per heavy atom. The third-order valence-electron chi connectivity index (χ3n) is 6.46. The van der Waals surface area contributed by atoms with Gasteiger partial charge in [0.25, 0.3) is 0 Å². The van der Waals surface area contributed by atoms with Gasteiger partial charge in [0.2, 0.25) is 5.95 Å². The fourth-order valence-corrected chi connectivity index (χ4v) is 6.18. The van der Waals surface area contributed by atoms with Crippen LogP contribution in [-0.2, 0) is 5.54 Å². The van der Waals surface area contributed by atoms with Crippen molar-refractivity contribution in [2.24, 2.45) is 16.6 Å². The van der Waals surface area contributed by atoms with Crippen LogP contribution in [0.4, 0.5) is 29.1 Å². The molecule has 192 valence electrons. The third kappa shape index (κ3) is 4.27. The lowest BCUT2D eigenvalue weighted by Crippen LogP contribution is -2.47. The largest absolute Gasteiger partial charge is 0.479 e. The van der Waals surface area contributed by atoms with Gasteiger partial charge in [-0.1, -0.05) is 17.7 Å². The number of pyridine rings is 2. The van der Waals surface area contributed by atoms with Gasteiger partial charge in [0, 0.05) is 17.5 Å². The summed E-state index contributed by atoms with van der Waals surface area (Å²) in [5, 5.41) is 12.9. The molecule has 9 nitrogen and oxygen atoms in total. The molecule has 1 fully saturated rings. The molecule has 0 amide bonds. The highest BCUT2D eigenvalue weighted by Gasteiger charge is 2.74. The van der Waals surface area contributed by atoms with Crippen molar-refractivity contribution < 1.29 is 27.4 Å². The number of alkyl halides is 3. The van der Waals surface area contributed by atoms with Gasteiger partial charge in [-0.15, -0.1) is 6.42 Å². The number of nitrogens with one attached hydrogen (secondary N) is 1. The number of aliphatic imine (C=N–C) groups is 1. The van der Waals surface area contributed by atoms with Crippen molar-refractivity contribution in [2.45, 2.75) is 35.9 Å². The Labute approximate surface area is 212 Å². The van der Waals surface area contributed by atoms with Crippen molar-refractivity contribution >= 4 is 39.5 Å². The van der Waals surface area contributed by atoms with E-state index in [9.17, 15) is 18.3 Å². The predicted molar refractivity (Wildman–Crippen MR) is 129 cm³/mol. The van der Waals surface area contributed by atoms with E-state index < -0.39 is 34.4 Å². The second kappa shape index (κ2) is 8.70. The molecule has 0 spiro atoms. The van der Waals surface area contributed by atoms with E-state index in [0.29, 0.717) is 28.5 Å². The van der Waals surface area contributed by atoms with E-state index in [1.54, 1.807) is 6.07 Å². The number of aliphatic hydroxyl groups is 1. The summed E-state index contributed by atoms with van der Waals surface area (Å²) in [6, 6.07) is 3.01. The quantitative estimate of drug-likeness (QED) is 0.248. The molecular formula is C23H19F4N7O2S. The molecule has 4 N–H and O–H groups in total. The van der Waals surface area contributed by atoms with E-state index in [0.717, 1.165) is 0 Å². The summed E-state index contributed by atoms with van der Waals surface area (Å²) in [6.07, 6.45) is 1.57. The fraction of sp³-hybridized carbons (Fsp3) is 0.348. The summed E-state index contributed by atoms with van der Waals surface area (Å²) in [5.74, 6) is 1.29. The summed E-state index contributed by atoms with van der Waals surface area (Å²) < 4.78 is 58.9. The second-order valence-corrected chi connectivity index (χ2v) is 10.2. The van der Waals surface area contributed by atoms with Gasteiger partial charge in [-0.2, -0.15) is 17.6 Å². The molecule has 0 saturated heterocycles. The topological polar surface area (TPSA) is 131 Å². The fourth-order valence-electron chi connectivity index (χ4n) is 4.68. The maximum atomic E-state index is 15.0. The van der Waals surface area contributed by atoms with Crippen LogP contribution in [0.15, 0.2) is 35.8 Å². The molecule has 1 saturated carbocycles. The molecule has 1 aliphatic heterocycles. The minimum absolute atomic E-state index is 0.0549. The Balaban J connectivity index is 1.49. The number of anilines is 2. The zero-order chi connectivity index (χ0) is 26.6. The van der Waals surface area contributed by atoms with Crippen LogP contribution in [0.1, 0.15) is 18.9 Å². The van der Waals surface area contributed by atoms with Crippen molar-refractivity contribution in [3.8, 4) is 18.1 Å². The number of nitrogens with two attached hydrogens (primary N) is 1. The number of nitrogens with zero attached hydrogens (tertiary/aromatic N) is 5. The highest BCUT2D eigenvalue weighted by atomic mass is 32.2. The van der Waals surface area contributed by atoms with E-state index in [1.807, 2.05) is 0 Å². The van der Waals surface area contributed by atoms with Crippen molar-refractivity contribution in [1.29, 1.82) is 0 Å². The van der Waals surface area contributed by atoms with Crippen LogP contribution in [0.3, 0.4) is 0 Å². The summed E-state index contributed by atoms with van der Waals surface area (Å²) in [6.45, 7) is 1.54. The second-order valence-electron chi connectivity index (χ2n) is 8.80. The molecule has 37 heavy (non-hydrogen) atoms. The van der Waals surface area contributed by atoms with Crippen LogP contribution in [0.5, 0.6) is 5.75 Å². The van der Waals surface area contributed by atoms with Gasteiger partial charge >= 0.3 is 6.18 Å². The summed E-state index contributed by atoms with van der Waals surface area (Å²) in [7, 11) is 0. The average molecular weight is 534 g/mol. The maximum Gasteiger partial charge on any atom is 0.415 e. The Kier molecular flexibility index (Phi) is 5.87. The molecule has 0 unspecified atom stereocenters. The van der Waals surface area contributed by atoms with Crippen molar-refractivity contribution in [3.05, 3.63) is 42.4 Å². The molecule has 4 heterocycles. The molecule has 3 aromatic heterocycles. The SMILES string of the molecule is C#CCOc1cnc2c(Nc3cnc(F)c([C@@]4(C)N=C(N)S[C@@]5([C@H](O)C(F)(F)F)C[C@@H]54)c3)ncnc2c1. The number of hydrogen-bond donors (Lipinski definition) is 3. The molecule has 2 aliphatic rings. The predicted octanol–water partition coefficient (Wildman–Crippen LogP) is 3.27. The van der Waals surface area contributed by atoms with Gasteiger partial charge in [0.1, 0.15) is 24.2 Å².